The Balaban J connectivity index is 1.39. The Morgan fingerprint density at radius 1 is 0.479 bits per heavy atom. The number of aromatic nitrogens is 1. The summed E-state index contributed by atoms with van der Waals surface area (Å²) in [4.78, 5) is 17.5. The molecule has 0 amide bonds. The SMILES string of the molecule is O=C(OCc1ccccc1)c1[nH]c(COC(c2ccccc2)(c2ccccc2)c2ccccc2)c(-c2ccccc2)c1-c1ccccc1. The Morgan fingerprint density at radius 2 is 0.875 bits per heavy atom. The smallest absolute Gasteiger partial charge is 0.355 e. The lowest BCUT2D eigenvalue weighted by Crippen LogP contribution is -2.33. The third-order valence-electron chi connectivity index (χ3n) is 8.59. The van der Waals surface area contributed by atoms with E-state index >= 15 is 0 Å². The molecule has 4 nitrogen and oxygen atoms in total. The van der Waals surface area contributed by atoms with Crippen molar-refractivity contribution in [2.75, 3.05) is 0 Å². The van der Waals surface area contributed by atoms with Crippen LogP contribution in [0, 0.1) is 0 Å². The maximum Gasteiger partial charge on any atom is 0.355 e. The summed E-state index contributed by atoms with van der Waals surface area (Å²) in [6, 6.07) is 60.8. The number of aromatic amines is 1. The minimum atomic E-state index is -0.941. The summed E-state index contributed by atoms with van der Waals surface area (Å²) in [7, 11) is 0. The van der Waals surface area contributed by atoms with Crippen molar-refractivity contribution in [3.05, 3.63) is 216 Å². The van der Waals surface area contributed by atoms with E-state index in [1.165, 1.54) is 0 Å². The number of hydrogen-bond acceptors (Lipinski definition) is 3. The van der Waals surface area contributed by atoms with Gasteiger partial charge in [0.1, 0.15) is 17.9 Å². The molecule has 0 aliphatic rings. The van der Waals surface area contributed by atoms with Crippen molar-refractivity contribution in [2.45, 2.75) is 18.8 Å². The maximum absolute atomic E-state index is 14.0. The molecule has 0 aliphatic heterocycles. The molecule has 7 aromatic rings. The lowest BCUT2D eigenvalue weighted by atomic mass is 9.80. The Morgan fingerprint density at radius 3 is 1.33 bits per heavy atom. The molecule has 0 saturated carbocycles. The monoisotopic (exact) mass is 625 g/mol. The van der Waals surface area contributed by atoms with Gasteiger partial charge in [0, 0.05) is 11.1 Å². The summed E-state index contributed by atoms with van der Waals surface area (Å²) < 4.78 is 13.2. The van der Waals surface area contributed by atoms with Crippen LogP contribution in [0.2, 0.25) is 0 Å². The van der Waals surface area contributed by atoms with Gasteiger partial charge in [-0.3, -0.25) is 0 Å². The number of benzene rings is 6. The van der Waals surface area contributed by atoms with Crippen molar-refractivity contribution in [3.63, 3.8) is 0 Å². The molecule has 234 valence electrons. The van der Waals surface area contributed by atoms with Crippen LogP contribution in [0.1, 0.15) is 38.4 Å². The van der Waals surface area contributed by atoms with Crippen LogP contribution in [0.3, 0.4) is 0 Å². The number of carbonyl (C=O) groups is 1. The van der Waals surface area contributed by atoms with E-state index in [1.807, 2.05) is 133 Å². The largest absolute Gasteiger partial charge is 0.456 e. The highest BCUT2D eigenvalue weighted by atomic mass is 16.5. The lowest BCUT2D eigenvalue weighted by Gasteiger charge is -2.36. The number of nitrogens with one attached hydrogen (secondary N) is 1. The van der Waals surface area contributed by atoms with Gasteiger partial charge in [0.05, 0.1) is 12.3 Å². The first-order chi connectivity index (χ1) is 23.7. The van der Waals surface area contributed by atoms with Crippen LogP contribution in [0.15, 0.2) is 182 Å². The fourth-order valence-corrected chi connectivity index (χ4v) is 6.37. The average Bonchev–Trinajstić information content (AvgIpc) is 3.56. The van der Waals surface area contributed by atoms with E-state index in [1.54, 1.807) is 0 Å². The summed E-state index contributed by atoms with van der Waals surface area (Å²) in [5.41, 5.74) is 7.71. The van der Waals surface area contributed by atoms with Crippen LogP contribution in [-0.4, -0.2) is 11.0 Å². The van der Waals surface area contributed by atoms with E-state index in [0.717, 1.165) is 50.2 Å². The molecule has 4 heteroatoms. The predicted octanol–water partition coefficient (Wildman–Crippen LogP) is 10.2. The van der Waals surface area contributed by atoms with E-state index in [4.69, 9.17) is 9.47 Å². The van der Waals surface area contributed by atoms with Gasteiger partial charge in [-0.05, 0) is 33.4 Å². The van der Waals surface area contributed by atoms with Crippen LogP contribution in [0.25, 0.3) is 22.3 Å². The van der Waals surface area contributed by atoms with Gasteiger partial charge in [0.15, 0.2) is 0 Å². The Hall–Kier alpha value is -5.97. The van der Waals surface area contributed by atoms with Crippen LogP contribution in [-0.2, 0) is 28.3 Å². The van der Waals surface area contributed by atoms with Gasteiger partial charge in [-0.1, -0.05) is 182 Å². The third-order valence-corrected chi connectivity index (χ3v) is 8.59. The molecule has 0 bridgehead atoms. The molecule has 0 saturated heterocycles. The van der Waals surface area contributed by atoms with Gasteiger partial charge < -0.3 is 14.5 Å². The maximum atomic E-state index is 14.0. The Labute approximate surface area is 281 Å². The molecule has 0 unspecified atom stereocenters. The number of rotatable bonds is 11. The number of carbonyl (C=O) groups excluding carboxylic acids is 1. The predicted molar refractivity (Wildman–Crippen MR) is 191 cm³/mol. The molecule has 0 spiro atoms. The Bertz CT molecular complexity index is 1960. The van der Waals surface area contributed by atoms with Crippen LogP contribution in [0.4, 0.5) is 0 Å². The summed E-state index contributed by atoms with van der Waals surface area (Å²) in [5, 5.41) is 0. The summed E-state index contributed by atoms with van der Waals surface area (Å²) >= 11 is 0. The highest BCUT2D eigenvalue weighted by Gasteiger charge is 2.38. The molecule has 7 rings (SSSR count). The summed E-state index contributed by atoms with van der Waals surface area (Å²) in [6.07, 6.45) is 0. The molecule has 1 N–H and O–H groups in total. The van der Waals surface area contributed by atoms with Crippen LogP contribution >= 0.6 is 0 Å². The van der Waals surface area contributed by atoms with Gasteiger partial charge in [-0.25, -0.2) is 4.79 Å². The minimum Gasteiger partial charge on any atom is -0.456 e. The highest BCUT2D eigenvalue weighted by Crippen LogP contribution is 2.44. The van der Waals surface area contributed by atoms with Crippen molar-refractivity contribution in [1.82, 2.24) is 4.98 Å². The second kappa shape index (κ2) is 14.2. The quantitative estimate of drug-likeness (QED) is 0.115. The summed E-state index contributed by atoms with van der Waals surface area (Å²) in [6.45, 7) is 0.341. The molecule has 1 heterocycles. The van der Waals surface area contributed by atoms with Crippen molar-refractivity contribution in [2.24, 2.45) is 0 Å². The van der Waals surface area contributed by atoms with E-state index in [-0.39, 0.29) is 13.2 Å². The summed E-state index contributed by atoms with van der Waals surface area (Å²) in [5.74, 6) is -0.429. The normalized spacial score (nSPS) is 11.2. The molecular weight excluding hydrogens is 590 g/mol. The number of H-pyrrole nitrogens is 1. The van der Waals surface area contributed by atoms with E-state index in [0.29, 0.717) is 5.69 Å². The fourth-order valence-electron chi connectivity index (χ4n) is 6.37. The first kappa shape index (κ1) is 30.7. The highest BCUT2D eigenvalue weighted by molar-refractivity contribution is 6.02. The van der Waals surface area contributed by atoms with E-state index in [9.17, 15) is 4.79 Å². The van der Waals surface area contributed by atoms with Gasteiger partial charge in [-0.15, -0.1) is 0 Å². The standard InChI is InChI=1S/C44H35NO3/c46-43(47-31-33-19-7-1-8-20-33)42-41(35-23-11-3-12-24-35)40(34-21-9-2-10-22-34)39(45-42)32-48-44(36-25-13-4-14-26-36,37-27-15-5-16-28-37)38-29-17-6-18-30-38/h1-30,45H,31-32H2. The molecule has 6 aromatic carbocycles. The molecule has 0 radical (unpaired) electrons. The van der Waals surface area contributed by atoms with Crippen molar-refractivity contribution in [3.8, 4) is 22.3 Å². The topological polar surface area (TPSA) is 51.3 Å². The average molecular weight is 626 g/mol. The molecular formula is C44H35NO3. The van der Waals surface area contributed by atoms with Crippen molar-refractivity contribution < 1.29 is 14.3 Å². The number of esters is 1. The molecule has 1 aromatic heterocycles. The molecule has 0 atom stereocenters. The minimum absolute atomic E-state index is 0.165. The van der Waals surface area contributed by atoms with Gasteiger partial charge >= 0.3 is 5.97 Å². The zero-order valence-corrected chi connectivity index (χ0v) is 26.5. The van der Waals surface area contributed by atoms with E-state index < -0.39 is 11.6 Å². The fraction of sp³-hybridized carbons (Fsp3) is 0.0682. The van der Waals surface area contributed by atoms with E-state index in [2.05, 4.69) is 53.5 Å². The van der Waals surface area contributed by atoms with Crippen LogP contribution in [0.5, 0.6) is 0 Å². The molecule has 0 aliphatic carbocycles. The van der Waals surface area contributed by atoms with Crippen molar-refractivity contribution in [1.29, 1.82) is 0 Å². The van der Waals surface area contributed by atoms with Gasteiger partial charge in [0.25, 0.3) is 0 Å². The first-order valence-electron chi connectivity index (χ1n) is 16.1. The zero-order valence-electron chi connectivity index (χ0n) is 26.5. The lowest BCUT2D eigenvalue weighted by molar-refractivity contribution is -0.00107. The van der Waals surface area contributed by atoms with Crippen LogP contribution < -0.4 is 0 Å². The first-order valence-corrected chi connectivity index (χ1v) is 16.1. The number of ether oxygens (including phenoxy) is 2. The van der Waals surface area contributed by atoms with Crippen molar-refractivity contribution >= 4 is 5.97 Å². The second-order valence-corrected chi connectivity index (χ2v) is 11.6. The van der Waals surface area contributed by atoms with Gasteiger partial charge in [-0.2, -0.15) is 0 Å². The number of hydrogen-bond donors (Lipinski definition) is 1. The van der Waals surface area contributed by atoms with Gasteiger partial charge in [0.2, 0.25) is 0 Å². The zero-order chi connectivity index (χ0) is 32.6. The molecule has 48 heavy (non-hydrogen) atoms. The second-order valence-electron chi connectivity index (χ2n) is 11.6. The third kappa shape index (κ3) is 6.22. The molecule has 0 fully saturated rings. The Kier molecular flexibility index (Phi) is 9.08.